The zero-order chi connectivity index (χ0) is 59.4. The highest BCUT2D eigenvalue weighted by molar-refractivity contribution is 6.68. The summed E-state index contributed by atoms with van der Waals surface area (Å²) in [6.07, 6.45) is -7.43. The van der Waals surface area contributed by atoms with Crippen molar-refractivity contribution in [1.29, 1.82) is 0 Å². The lowest BCUT2D eigenvalue weighted by Gasteiger charge is -2.51. The fourth-order valence-electron chi connectivity index (χ4n) is 9.67. The van der Waals surface area contributed by atoms with Gasteiger partial charge in [0.1, 0.15) is 25.4 Å². The van der Waals surface area contributed by atoms with Gasteiger partial charge in [0.2, 0.25) is 7.59 Å². The van der Waals surface area contributed by atoms with Crippen LogP contribution in [0, 0.1) is 0 Å². The summed E-state index contributed by atoms with van der Waals surface area (Å²) >= 11 is 36.8. The monoisotopic (exact) mass is 1250 g/mol. The number of hydrogen-bond donors (Lipinski definition) is 0. The molecule has 2 aliphatic heterocycles. The number of ether oxygens (including phenoxy) is 10. The Morgan fingerprint density at radius 3 is 0.939 bits per heavy atom. The third kappa shape index (κ3) is 20.7. The maximum atomic E-state index is 14.8. The van der Waals surface area contributed by atoms with Crippen LogP contribution in [0.2, 0.25) is 0 Å². The Morgan fingerprint density at radius 2 is 0.671 bits per heavy atom. The SMILES string of the molecule is CC(=O)O[C@H]1[C@H](OCc2ccccc2)[C@@H](OC(C)=O)C(C/C=C/CC2[C@H](OC(C)=O)[C@@H](OCc3ccccc3)[C@H](OC(C)=O)[C@@H](COCc3ccccc3)N2C(=O)OCC(Cl)(Cl)Cl)N(C(=O)OCC(Cl)(Cl)Cl)[C@@H]1COCc1ccccc1. The van der Waals surface area contributed by atoms with Crippen molar-refractivity contribution < 1.29 is 76.1 Å². The number of hydrogen-bond acceptors (Lipinski definition) is 16. The molecule has 82 heavy (non-hydrogen) atoms. The second-order valence-electron chi connectivity index (χ2n) is 19.2. The largest absolute Gasteiger partial charge is 0.457 e. The molecule has 0 aliphatic carbocycles. The van der Waals surface area contributed by atoms with Crippen LogP contribution in [0.15, 0.2) is 133 Å². The van der Waals surface area contributed by atoms with Crippen LogP contribution < -0.4 is 0 Å². The molecular weight excluding hydrogens is 1190 g/mol. The van der Waals surface area contributed by atoms with Gasteiger partial charge < -0.3 is 47.4 Å². The number of piperidine rings is 2. The van der Waals surface area contributed by atoms with Crippen LogP contribution in [0.1, 0.15) is 62.8 Å². The summed E-state index contributed by atoms with van der Waals surface area (Å²) < 4.78 is 57.1. The van der Waals surface area contributed by atoms with Crippen LogP contribution in [-0.4, -0.2) is 141 Å². The molecule has 4 aromatic carbocycles. The number of likely N-dealkylation sites (tertiary alicyclic amines) is 2. The highest BCUT2D eigenvalue weighted by atomic mass is 35.6. The van der Waals surface area contributed by atoms with E-state index in [-0.39, 0.29) is 52.5 Å². The van der Waals surface area contributed by atoms with Crippen molar-refractivity contribution in [3.63, 3.8) is 0 Å². The van der Waals surface area contributed by atoms with Gasteiger partial charge in [-0.3, -0.25) is 29.0 Å². The molecule has 444 valence electrons. The number of halogens is 6. The van der Waals surface area contributed by atoms with Crippen LogP contribution in [0.5, 0.6) is 0 Å². The van der Waals surface area contributed by atoms with Crippen LogP contribution >= 0.6 is 69.6 Å². The standard InChI is InChI=1S/C58H64Cl6N2O16/c1-37(67)79-49-45(65(55(71)77-35-57(59,60)61)47(33-73-29-41-19-9-5-10-20-41)51(81-39(3)69)53(49)75-31-43-23-13-7-14-24-43)27-17-18-28-46-50(80-38(2)68)54(76-32-44-25-15-8-16-26-44)52(82-40(4)70)48(34-74-30-42-21-11-6-12-22-42)66(46)56(72)78-36-58(62,63)64/h5-26,45-54H,27-36H2,1-4H3/b18-17+/t45?,46?,47-,48-,49+,50+,51-,52-,53-,54-/m1/s1. The number of alkyl halides is 6. The van der Waals surface area contributed by atoms with Gasteiger partial charge in [0, 0.05) is 27.7 Å². The normalized spacial score (nSPS) is 22.9. The van der Waals surface area contributed by atoms with E-state index >= 15 is 0 Å². The van der Waals surface area contributed by atoms with E-state index in [0.29, 0.717) is 11.1 Å². The molecule has 18 nitrogen and oxygen atoms in total. The summed E-state index contributed by atoms with van der Waals surface area (Å²) in [7, 11) is 0. The number of rotatable bonds is 24. The molecule has 2 unspecified atom stereocenters. The first-order valence-corrected chi connectivity index (χ1v) is 28.3. The first-order chi connectivity index (χ1) is 39.1. The number of nitrogens with zero attached hydrogens (tertiary/aromatic N) is 2. The Labute approximate surface area is 506 Å². The molecule has 0 radical (unpaired) electrons. The van der Waals surface area contributed by atoms with E-state index < -0.39 is 118 Å². The van der Waals surface area contributed by atoms with E-state index in [1.807, 2.05) is 97.1 Å². The third-order valence-electron chi connectivity index (χ3n) is 12.9. The molecule has 0 bridgehead atoms. The summed E-state index contributed by atoms with van der Waals surface area (Å²) in [5, 5.41) is 0. The van der Waals surface area contributed by atoms with Crippen molar-refractivity contribution in [2.45, 2.75) is 135 Å². The number of carbonyl (C=O) groups excluding carboxylic acids is 6. The first kappa shape index (κ1) is 65.8. The summed E-state index contributed by atoms with van der Waals surface area (Å²) in [6, 6.07) is 31.5. The maximum Gasteiger partial charge on any atom is 0.410 e. The zero-order valence-electron chi connectivity index (χ0n) is 45.2. The minimum absolute atomic E-state index is 0.0484. The number of amides is 2. The predicted molar refractivity (Wildman–Crippen MR) is 305 cm³/mol. The van der Waals surface area contributed by atoms with Gasteiger partial charge in [-0.2, -0.15) is 0 Å². The Hall–Kier alpha value is -5.38. The lowest BCUT2D eigenvalue weighted by Crippen LogP contribution is -2.70. The Morgan fingerprint density at radius 1 is 0.402 bits per heavy atom. The van der Waals surface area contributed by atoms with Gasteiger partial charge >= 0.3 is 36.1 Å². The molecule has 2 heterocycles. The van der Waals surface area contributed by atoms with E-state index in [9.17, 15) is 28.8 Å². The number of esters is 4. The average molecular weight is 1260 g/mol. The highest BCUT2D eigenvalue weighted by Crippen LogP contribution is 2.38. The molecule has 0 saturated carbocycles. The van der Waals surface area contributed by atoms with Crippen molar-refractivity contribution in [2.24, 2.45) is 0 Å². The Balaban J connectivity index is 1.48. The second-order valence-corrected chi connectivity index (χ2v) is 24.2. The molecule has 24 heteroatoms. The molecular formula is C58H64Cl6N2O16. The lowest BCUT2D eigenvalue weighted by atomic mass is 9.85. The van der Waals surface area contributed by atoms with Crippen molar-refractivity contribution in [3.8, 4) is 0 Å². The van der Waals surface area contributed by atoms with E-state index in [2.05, 4.69) is 0 Å². The van der Waals surface area contributed by atoms with Gasteiger partial charge in [-0.15, -0.1) is 0 Å². The van der Waals surface area contributed by atoms with Crippen molar-refractivity contribution in [3.05, 3.63) is 156 Å². The lowest BCUT2D eigenvalue weighted by molar-refractivity contribution is -0.217. The number of benzene rings is 4. The number of carbonyl (C=O) groups is 6. The van der Waals surface area contributed by atoms with Gasteiger partial charge in [0.15, 0.2) is 24.4 Å². The van der Waals surface area contributed by atoms with Gasteiger partial charge in [0.05, 0.1) is 63.8 Å². The predicted octanol–water partition coefficient (Wildman–Crippen LogP) is 10.8. The molecule has 10 atom stereocenters. The first-order valence-electron chi connectivity index (χ1n) is 26.0. The molecule has 2 saturated heterocycles. The maximum absolute atomic E-state index is 14.8. The fourth-order valence-corrected chi connectivity index (χ4v) is 10.0. The van der Waals surface area contributed by atoms with E-state index in [4.69, 9.17) is 117 Å². The van der Waals surface area contributed by atoms with Crippen LogP contribution in [-0.2, 0) is 93.0 Å². The molecule has 4 aromatic rings. The smallest absolute Gasteiger partial charge is 0.410 e. The molecule has 2 aliphatic rings. The van der Waals surface area contributed by atoms with Gasteiger partial charge in [-0.25, -0.2) is 9.59 Å². The highest BCUT2D eigenvalue weighted by Gasteiger charge is 2.57. The van der Waals surface area contributed by atoms with Crippen molar-refractivity contribution in [2.75, 3.05) is 26.4 Å². The van der Waals surface area contributed by atoms with E-state index in [1.165, 1.54) is 23.6 Å². The second kappa shape index (κ2) is 32.0. The van der Waals surface area contributed by atoms with Gasteiger partial charge in [-0.1, -0.05) is 203 Å². The molecule has 0 N–H and O–H groups in total. The molecule has 6 rings (SSSR count). The minimum Gasteiger partial charge on any atom is -0.457 e. The van der Waals surface area contributed by atoms with Crippen LogP contribution in [0.25, 0.3) is 0 Å². The fraction of sp³-hybridized carbons (Fsp3) is 0.448. The van der Waals surface area contributed by atoms with Crippen molar-refractivity contribution in [1.82, 2.24) is 9.80 Å². The molecule has 2 fully saturated rings. The summed E-state index contributed by atoms with van der Waals surface area (Å²) in [4.78, 5) is 84.8. The third-order valence-corrected chi connectivity index (χ3v) is 13.5. The summed E-state index contributed by atoms with van der Waals surface area (Å²) in [5.41, 5.74) is 2.97. The zero-order valence-corrected chi connectivity index (χ0v) is 49.8. The Bertz CT molecular complexity index is 2520. The van der Waals surface area contributed by atoms with E-state index in [0.717, 1.165) is 25.0 Å². The topological polar surface area (TPSA) is 201 Å². The molecule has 2 amide bonds. The van der Waals surface area contributed by atoms with Gasteiger partial charge in [-0.05, 0) is 35.1 Å². The van der Waals surface area contributed by atoms with Crippen LogP contribution in [0.3, 0.4) is 0 Å². The van der Waals surface area contributed by atoms with Gasteiger partial charge in [0.25, 0.3) is 0 Å². The summed E-state index contributed by atoms with van der Waals surface area (Å²) in [6.45, 7) is 2.56. The van der Waals surface area contributed by atoms with Crippen molar-refractivity contribution >= 4 is 106 Å². The minimum atomic E-state index is -2.09. The molecule has 0 spiro atoms. The summed E-state index contributed by atoms with van der Waals surface area (Å²) in [5.74, 6) is -3.11. The quantitative estimate of drug-likeness (QED) is 0.0277. The average Bonchev–Trinajstić information content (AvgIpc) is 3.46. The Kier molecular flexibility index (Phi) is 25.7. The molecule has 0 aromatic heterocycles. The van der Waals surface area contributed by atoms with E-state index in [1.54, 1.807) is 36.4 Å². The van der Waals surface area contributed by atoms with Crippen LogP contribution in [0.4, 0.5) is 9.59 Å².